The molecule has 0 saturated heterocycles. The van der Waals surface area contributed by atoms with Gasteiger partial charge in [-0.1, -0.05) is 0 Å². The Hall–Kier alpha value is -0.740. The maximum absolute atomic E-state index is 4.25. The van der Waals surface area contributed by atoms with Crippen LogP contribution in [-0.2, 0) is 0 Å². The van der Waals surface area contributed by atoms with E-state index >= 15 is 0 Å². The van der Waals surface area contributed by atoms with Crippen molar-refractivity contribution in [3.63, 3.8) is 0 Å². The average Bonchev–Trinajstić information content (AvgIpc) is 2.54. The molecule has 0 aliphatic carbocycles. The Bertz CT molecular complexity index is 372. The number of hydrogen-bond donors (Lipinski definition) is 0. The molecule has 0 bridgehead atoms. The van der Waals surface area contributed by atoms with E-state index in [-0.39, 0.29) is 0 Å². The first-order valence-corrected chi connectivity index (χ1v) is 4.95. The summed E-state index contributed by atoms with van der Waals surface area (Å²) in [6, 6.07) is 5.89. The summed E-state index contributed by atoms with van der Waals surface area (Å²) in [5.74, 6) is 0. The lowest BCUT2D eigenvalue weighted by Crippen LogP contribution is -1.75. The normalized spacial score (nSPS) is 10.1. The fraction of sp³-hybridized carbons (Fsp3) is 0. The second-order valence-electron chi connectivity index (χ2n) is 2.25. The molecule has 0 spiro atoms. The molecule has 2 rings (SSSR count). The summed E-state index contributed by atoms with van der Waals surface area (Å²) in [4.78, 5) is 3.94. The van der Waals surface area contributed by atoms with Crippen molar-refractivity contribution >= 4 is 27.5 Å². The zero-order chi connectivity index (χ0) is 8.39. The van der Waals surface area contributed by atoms with Gasteiger partial charge in [0, 0.05) is 18.0 Å². The monoisotopic (exact) mass is 240 g/mol. The molecule has 60 valence electrons. The lowest BCUT2D eigenvalue weighted by Gasteiger charge is -1.91. The van der Waals surface area contributed by atoms with E-state index in [9.17, 15) is 0 Å². The van der Waals surface area contributed by atoms with Gasteiger partial charge in [0.05, 0.1) is 9.48 Å². The Kier molecular flexibility index (Phi) is 2.19. The van der Waals surface area contributed by atoms with Crippen molar-refractivity contribution < 1.29 is 0 Å². The van der Waals surface area contributed by atoms with Gasteiger partial charge in [0.1, 0.15) is 0 Å². The van der Waals surface area contributed by atoms with Gasteiger partial charge in [0.2, 0.25) is 0 Å². The molecule has 4 heteroatoms. The molecule has 0 aromatic carbocycles. The third-order valence-corrected chi connectivity index (χ3v) is 2.70. The van der Waals surface area contributed by atoms with Crippen LogP contribution in [0, 0.1) is 0 Å². The molecule has 2 heterocycles. The summed E-state index contributed by atoms with van der Waals surface area (Å²) in [6.07, 6.45) is 3.53. The highest BCUT2D eigenvalue weighted by atomic mass is 79.9. The van der Waals surface area contributed by atoms with Crippen LogP contribution in [0.1, 0.15) is 0 Å². The number of hydrogen-bond acceptors (Lipinski definition) is 3. The zero-order valence-electron chi connectivity index (χ0n) is 6.07. The van der Waals surface area contributed by atoms with Crippen LogP contribution in [0.4, 0.5) is 0 Å². The largest absolute Gasteiger partial charge is 0.265 e. The first-order valence-electron chi connectivity index (χ1n) is 3.39. The van der Waals surface area contributed by atoms with Crippen molar-refractivity contribution in [2.75, 3.05) is 0 Å². The van der Waals surface area contributed by atoms with E-state index < -0.39 is 0 Å². The summed E-state index contributed by atoms with van der Waals surface area (Å²) in [7, 11) is 0. The van der Waals surface area contributed by atoms with Crippen LogP contribution in [0.3, 0.4) is 0 Å². The second-order valence-corrected chi connectivity index (χ2v) is 4.44. The maximum atomic E-state index is 4.25. The molecule has 0 fully saturated rings. The van der Waals surface area contributed by atoms with E-state index in [1.807, 2.05) is 18.2 Å². The third-order valence-electron chi connectivity index (χ3n) is 1.46. The topological polar surface area (TPSA) is 25.8 Å². The van der Waals surface area contributed by atoms with Crippen molar-refractivity contribution in [1.29, 1.82) is 0 Å². The van der Waals surface area contributed by atoms with E-state index in [1.54, 1.807) is 12.4 Å². The molecule has 0 amide bonds. The first kappa shape index (κ1) is 7.89. The van der Waals surface area contributed by atoms with Crippen molar-refractivity contribution in [2.45, 2.75) is 0 Å². The number of nitrogens with zero attached hydrogens (tertiary/aromatic N) is 2. The van der Waals surface area contributed by atoms with Gasteiger partial charge in [-0.3, -0.25) is 4.98 Å². The van der Waals surface area contributed by atoms with Crippen molar-refractivity contribution in [3.05, 3.63) is 34.4 Å². The molecule has 2 aromatic rings. The van der Waals surface area contributed by atoms with Crippen molar-refractivity contribution in [3.8, 4) is 11.3 Å². The molecule has 0 saturated carbocycles. The predicted octanol–water partition coefficient (Wildman–Crippen LogP) is 2.97. The van der Waals surface area contributed by atoms with Gasteiger partial charge in [0.25, 0.3) is 0 Å². The number of aromatic nitrogens is 2. The van der Waals surface area contributed by atoms with Crippen LogP contribution in [0.15, 0.2) is 34.4 Å². The molecule has 0 aliphatic heterocycles. The summed E-state index contributed by atoms with van der Waals surface area (Å²) < 4.78 is 5.30. The first-order chi connectivity index (χ1) is 5.86. The maximum Gasteiger partial charge on any atom is 0.0911 e. The summed E-state index contributed by atoms with van der Waals surface area (Å²) >= 11 is 4.82. The van der Waals surface area contributed by atoms with Gasteiger partial charge in [-0.05, 0) is 45.7 Å². The Balaban J connectivity index is 2.45. The van der Waals surface area contributed by atoms with Crippen LogP contribution >= 0.6 is 27.5 Å². The van der Waals surface area contributed by atoms with Gasteiger partial charge in [-0.15, -0.1) is 0 Å². The van der Waals surface area contributed by atoms with E-state index in [1.165, 1.54) is 11.5 Å². The SMILES string of the molecule is Brc1cc(-c2ccncc2)ns1. The van der Waals surface area contributed by atoms with Crippen LogP contribution in [0.2, 0.25) is 0 Å². The lowest BCUT2D eigenvalue weighted by molar-refractivity contribution is 1.32. The Morgan fingerprint density at radius 1 is 1.25 bits per heavy atom. The highest BCUT2D eigenvalue weighted by molar-refractivity contribution is 9.11. The molecule has 0 unspecified atom stereocenters. The molecule has 0 radical (unpaired) electrons. The van der Waals surface area contributed by atoms with E-state index in [0.717, 1.165) is 15.0 Å². The smallest absolute Gasteiger partial charge is 0.0911 e. The average molecular weight is 241 g/mol. The minimum atomic E-state index is 0.995. The number of pyridine rings is 1. The minimum absolute atomic E-state index is 0.995. The van der Waals surface area contributed by atoms with Crippen LogP contribution in [-0.4, -0.2) is 9.36 Å². The van der Waals surface area contributed by atoms with Gasteiger partial charge in [-0.2, -0.15) is 4.37 Å². The standard InChI is InChI=1S/C8H5BrN2S/c9-8-5-7(11-12-8)6-1-3-10-4-2-6/h1-5H. The second kappa shape index (κ2) is 3.33. The molecule has 2 nitrogen and oxygen atoms in total. The van der Waals surface area contributed by atoms with Crippen LogP contribution in [0.5, 0.6) is 0 Å². The van der Waals surface area contributed by atoms with Crippen LogP contribution in [0.25, 0.3) is 11.3 Å². The molecular formula is C8H5BrN2S. The quantitative estimate of drug-likeness (QED) is 0.767. The molecule has 0 N–H and O–H groups in total. The van der Waals surface area contributed by atoms with Gasteiger partial charge >= 0.3 is 0 Å². The highest BCUT2D eigenvalue weighted by Gasteiger charge is 2.00. The summed E-state index contributed by atoms with van der Waals surface area (Å²) in [5.41, 5.74) is 2.10. The van der Waals surface area contributed by atoms with Gasteiger partial charge in [-0.25, -0.2) is 0 Å². The predicted molar refractivity (Wildman–Crippen MR) is 53.0 cm³/mol. The van der Waals surface area contributed by atoms with E-state index in [4.69, 9.17) is 0 Å². The fourth-order valence-corrected chi connectivity index (χ4v) is 1.85. The van der Waals surface area contributed by atoms with Gasteiger partial charge in [0.15, 0.2) is 0 Å². The molecule has 0 atom stereocenters. The van der Waals surface area contributed by atoms with E-state index in [0.29, 0.717) is 0 Å². The lowest BCUT2D eigenvalue weighted by atomic mass is 10.2. The Labute approximate surface area is 82.6 Å². The molecule has 2 aromatic heterocycles. The third kappa shape index (κ3) is 1.54. The molecule has 0 aliphatic rings. The molecular weight excluding hydrogens is 236 g/mol. The van der Waals surface area contributed by atoms with Gasteiger partial charge < -0.3 is 0 Å². The number of halogens is 1. The summed E-state index contributed by atoms with van der Waals surface area (Å²) in [6.45, 7) is 0. The molecule has 12 heavy (non-hydrogen) atoms. The summed E-state index contributed by atoms with van der Waals surface area (Å²) in [5, 5.41) is 0. The Morgan fingerprint density at radius 3 is 2.58 bits per heavy atom. The van der Waals surface area contributed by atoms with Crippen molar-refractivity contribution in [1.82, 2.24) is 9.36 Å². The van der Waals surface area contributed by atoms with Crippen LogP contribution < -0.4 is 0 Å². The minimum Gasteiger partial charge on any atom is -0.265 e. The van der Waals surface area contributed by atoms with Crippen molar-refractivity contribution in [2.24, 2.45) is 0 Å². The fourth-order valence-electron chi connectivity index (χ4n) is 0.912. The zero-order valence-corrected chi connectivity index (χ0v) is 8.47. The highest BCUT2D eigenvalue weighted by Crippen LogP contribution is 2.24. The Morgan fingerprint density at radius 2 is 2.00 bits per heavy atom. The number of rotatable bonds is 1. The van der Waals surface area contributed by atoms with E-state index in [2.05, 4.69) is 25.3 Å².